The fourth-order valence-electron chi connectivity index (χ4n) is 0.529. The van der Waals surface area contributed by atoms with E-state index in [9.17, 15) is 4.79 Å². The molecule has 3 heteroatoms. The van der Waals surface area contributed by atoms with Crippen LogP contribution in [-0.2, 0) is 9.53 Å². The van der Waals surface area contributed by atoms with Crippen molar-refractivity contribution in [1.82, 2.24) is 0 Å². The molecule has 1 unspecified atom stereocenters. The van der Waals surface area contributed by atoms with Crippen molar-refractivity contribution in [2.24, 2.45) is 0 Å². The van der Waals surface area contributed by atoms with Crippen molar-refractivity contribution >= 4 is 5.97 Å². The lowest BCUT2D eigenvalue weighted by Gasteiger charge is -2.04. The average Bonchev–Trinajstić information content (AvgIpc) is 1.85. The smallest absolute Gasteiger partial charge is 0.329 e. The average molecular weight is 144 g/mol. The van der Waals surface area contributed by atoms with Gasteiger partial charge in [0.2, 0.25) is 0 Å². The summed E-state index contributed by atoms with van der Waals surface area (Å²) >= 11 is 0. The minimum atomic E-state index is -0.934. The standard InChI is InChI=1S/C7H12O3/c1-3-4-6(2)10-5-7(8)9/h3-4,6H,5H2,1-2H3,(H,8,9)/b4-3+. The van der Waals surface area contributed by atoms with Crippen molar-refractivity contribution in [3.8, 4) is 0 Å². The first-order valence-corrected chi connectivity index (χ1v) is 3.13. The van der Waals surface area contributed by atoms with Crippen LogP contribution >= 0.6 is 0 Å². The lowest BCUT2D eigenvalue weighted by Crippen LogP contribution is -2.12. The zero-order valence-electron chi connectivity index (χ0n) is 6.20. The third-order valence-electron chi connectivity index (χ3n) is 0.933. The Hall–Kier alpha value is -0.830. The van der Waals surface area contributed by atoms with Crippen LogP contribution in [0.25, 0.3) is 0 Å². The van der Waals surface area contributed by atoms with Crippen molar-refractivity contribution in [2.75, 3.05) is 6.61 Å². The molecule has 3 nitrogen and oxygen atoms in total. The monoisotopic (exact) mass is 144 g/mol. The number of aliphatic carboxylic acids is 1. The minimum absolute atomic E-state index is 0.110. The van der Waals surface area contributed by atoms with E-state index in [4.69, 9.17) is 9.84 Å². The third-order valence-corrected chi connectivity index (χ3v) is 0.933. The molecule has 0 aliphatic carbocycles. The van der Waals surface area contributed by atoms with Crippen LogP contribution < -0.4 is 0 Å². The van der Waals surface area contributed by atoms with E-state index in [1.165, 1.54) is 0 Å². The van der Waals surface area contributed by atoms with Gasteiger partial charge < -0.3 is 9.84 Å². The van der Waals surface area contributed by atoms with Crippen LogP contribution in [0.15, 0.2) is 12.2 Å². The Morgan fingerprint density at radius 1 is 1.80 bits per heavy atom. The summed E-state index contributed by atoms with van der Waals surface area (Å²) in [4.78, 5) is 9.96. The predicted octanol–water partition coefficient (Wildman–Crippen LogP) is 1.05. The van der Waals surface area contributed by atoms with Gasteiger partial charge in [-0.1, -0.05) is 12.2 Å². The molecule has 0 aromatic rings. The number of carboxylic acid groups (broad SMARTS) is 1. The first-order valence-electron chi connectivity index (χ1n) is 3.13. The molecule has 0 aliphatic rings. The van der Waals surface area contributed by atoms with Crippen molar-refractivity contribution in [3.63, 3.8) is 0 Å². The molecule has 0 heterocycles. The maximum atomic E-state index is 9.96. The van der Waals surface area contributed by atoms with Gasteiger partial charge in [-0.3, -0.25) is 0 Å². The van der Waals surface area contributed by atoms with E-state index in [0.717, 1.165) is 0 Å². The summed E-state index contributed by atoms with van der Waals surface area (Å²) in [5, 5.41) is 8.18. The first kappa shape index (κ1) is 9.17. The van der Waals surface area contributed by atoms with Gasteiger partial charge in [-0.25, -0.2) is 4.79 Å². The fourth-order valence-corrected chi connectivity index (χ4v) is 0.529. The van der Waals surface area contributed by atoms with Crippen LogP contribution in [0.2, 0.25) is 0 Å². The molecule has 0 aromatic carbocycles. The Bertz CT molecular complexity index is 129. The lowest BCUT2D eigenvalue weighted by atomic mass is 10.4. The fraction of sp³-hybridized carbons (Fsp3) is 0.571. The Balaban J connectivity index is 3.39. The van der Waals surface area contributed by atoms with Crippen LogP contribution in [0.3, 0.4) is 0 Å². The molecule has 0 rings (SSSR count). The van der Waals surface area contributed by atoms with Crippen molar-refractivity contribution < 1.29 is 14.6 Å². The molecule has 58 valence electrons. The number of carbonyl (C=O) groups is 1. The van der Waals surface area contributed by atoms with Crippen molar-refractivity contribution in [3.05, 3.63) is 12.2 Å². The summed E-state index contributed by atoms with van der Waals surface area (Å²) in [6.45, 7) is 3.43. The van der Waals surface area contributed by atoms with E-state index in [2.05, 4.69) is 0 Å². The number of hydrogen-bond donors (Lipinski definition) is 1. The lowest BCUT2D eigenvalue weighted by molar-refractivity contribution is -0.143. The molecule has 0 spiro atoms. The summed E-state index contributed by atoms with van der Waals surface area (Å²) in [7, 11) is 0. The first-order chi connectivity index (χ1) is 4.66. The van der Waals surface area contributed by atoms with E-state index in [-0.39, 0.29) is 12.7 Å². The molecule has 0 saturated heterocycles. The second-order valence-corrected chi connectivity index (χ2v) is 1.94. The summed E-state index contributed by atoms with van der Waals surface area (Å²) < 4.78 is 4.86. The molecule has 1 atom stereocenters. The molecule has 0 fully saturated rings. The highest BCUT2D eigenvalue weighted by atomic mass is 16.5. The normalized spacial score (nSPS) is 13.8. The van der Waals surface area contributed by atoms with Crippen LogP contribution in [-0.4, -0.2) is 23.8 Å². The van der Waals surface area contributed by atoms with Crippen molar-refractivity contribution in [2.45, 2.75) is 20.0 Å². The summed E-state index contributed by atoms with van der Waals surface area (Å²) in [6, 6.07) is 0. The van der Waals surface area contributed by atoms with Gasteiger partial charge in [-0.15, -0.1) is 0 Å². The van der Waals surface area contributed by atoms with Crippen molar-refractivity contribution in [1.29, 1.82) is 0 Å². The number of allylic oxidation sites excluding steroid dienone is 1. The molecule has 0 bridgehead atoms. The Morgan fingerprint density at radius 3 is 2.80 bits per heavy atom. The number of hydrogen-bond acceptors (Lipinski definition) is 2. The minimum Gasteiger partial charge on any atom is -0.480 e. The SMILES string of the molecule is C/C=C/C(C)OCC(=O)O. The summed E-state index contributed by atoms with van der Waals surface area (Å²) in [5.74, 6) is -0.934. The molecule has 10 heavy (non-hydrogen) atoms. The maximum Gasteiger partial charge on any atom is 0.329 e. The highest BCUT2D eigenvalue weighted by Gasteiger charge is 1.99. The van der Waals surface area contributed by atoms with E-state index < -0.39 is 5.97 Å². The zero-order chi connectivity index (χ0) is 7.98. The largest absolute Gasteiger partial charge is 0.480 e. The van der Waals surface area contributed by atoms with E-state index in [1.54, 1.807) is 13.0 Å². The van der Waals surface area contributed by atoms with Gasteiger partial charge in [0, 0.05) is 0 Å². The quantitative estimate of drug-likeness (QED) is 0.600. The number of rotatable bonds is 4. The van der Waals surface area contributed by atoms with E-state index >= 15 is 0 Å². The second-order valence-electron chi connectivity index (χ2n) is 1.94. The van der Waals surface area contributed by atoms with Gasteiger partial charge in [0.25, 0.3) is 0 Å². The van der Waals surface area contributed by atoms with Gasteiger partial charge in [0.05, 0.1) is 6.10 Å². The van der Waals surface area contributed by atoms with Gasteiger partial charge in [-0.05, 0) is 13.8 Å². The highest BCUT2D eigenvalue weighted by molar-refractivity contribution is 5.68. The second kappa shape index (κ2) is 4.99. The summed E-state index contributed by atoms with van der Waals surface area (Å²) in [6.07, 6.45) is 3.51. The molecule has 1 N–H and O–H groups in total. The number of ether oxygens (including phenoxy) is 1. The van der Waals surface area contributed by atoms with E-state index in [1.807, 2.05) is 13.0 Å². The van der Waals surface area contributed by atoms with Crippen LogP contribution in [0.1, 0.15) is 13.8 Å². The molecule has 0 aromatic heterocycles. The Kier molecular flexibility index (Phi) is 4.58. The van der Waals surface area contributed by atoms with Crippen LogP contribution in [0, 0.1) is 0 Å². The maximum absolute atomic E-state index is 9.96. The predicted molar refractivity (Wildman–Crippen MR) is 37.9 cm³/mol. The van der Waals surface area contributed by atoms with Gasteiger partial charge in [0.1, 0.15) is 6.61 Å². The van der Waals surface area contributed by atoms with Gasteiger partial charge in [-0.2, -0.15) is 0 Å². The molecular formula is C7H12O3. The molecule has 0 radical (unpaired) electrons. The van der Waals surface area contributed by atoms with E-state index in [0.29, 0.717) is 0 Å². The number of carboxylic acids is 1. The van der Waals surface area contributed by atoms with Gasteiger partial charge >= 0.3 is 5.97 Å². The molecule has 0 aliphatic heterocycles. The molecule has 0 saturated carbocycles. The Morgan fingerprint density at radius 2 is 2.40 bits per heavy atom. The van der Waals surface area contributed by atoms with Crippen LogP contribution in [0.4, 0.5) is 0 Å². The Labute approximate surface area is 60.3 Å². The molecular weight excluding hydrogens is 132 g/mol. The third kappa shape index (κ3) is 5.31. The topological polar surface area (TPSA) is 46.5 Å². The highest BCUT2D eigenvalue weighted by Crippen LogP contribution is 1.91. The van der Waals surface area contributed by atoms with Crippen LogP contribution in [0.5, 0.6) is 0 Å². The zero-order valence-corrected chi connectivity index (χ0v) is 6.20. The summed E-state index contributed by atoms with van der Waals surface area (Å²) in [5.41, 5.74) is 0. The van der Waals surface area contributed by atoms with Gasteiger partial charge in [0.15, 0.2) is 0 Å². The molecule has 0 amide bonds.